The first-order valence-electron chi connectivity index (χ1n) is 16.3. The molecule has 0 heterocycles. The minimum absolute atomic E-state index is 0.0564. The molecule has 4 amide bonds. The van der Waals surface area contributed by atoms with E-state index < -0.39 is 23.4 Å². The van der Waals surface area contributed by atoms with Crippen LogP contribution in [0.2, 0.25) is 0 Å². The fraction of sp³-hybridized carbons (Fsp3) is 0.686. The van der Waals surface area contributed by atoms with Gasteiger partial charge in [-0.05, 0) is 75.5 Å². The van der Waals surface area contributed by atoms with Crippen molar-refractivity contribution in [2.24, 2.45) is 28.4 Å². The molecule has 2 atom stereocenters. The Bertz CT molecular complexity index is 1100. The fourth-order valence-corrected chi connectivity index (χ4v) is 4.71. The number of nitrogens with one attached hydrogen (secondary N) is 3. The maximum Gasteiger partial charge on any atom is 0.312 e. The number of hydrogen-bond acceptors (Lipinski definition) is 6. The van der Waals surface area contributed by atoms with E-state index in [9.17, 15) is 24.0 Å². The second-order valence-corrected chi connectivity index (χ2v) is 14.6. The Hall–Kier alpha value is -3.43. The van der Waals surface area contributed by atoms with E-state index in [0.717, 1.165) is 37.7 Å². The number of primary amides is 1. The SMILES string of the molecule is CC(C)[C@H](NC(=O)CCCCCCC(C)(C)C)C(=O)C[C@@H](CCCNC(N)=O)C(=O)Nc1ccc(COC(=O)C(C)(C)C)cc1. The number of anilines is 1. The third-order valence-electron chi connectivity index (χ3n) is 7.46. The zero-order valence-electron chi connectivity index (χ0n) is 28.8. The zero-order chi connectivity index (χ0) is 34.2. The summed E-state index contributed by atoms with van der Waals surface area (Å²) in [7, 11) is 0. The lowest BCUT2D eigenvalue weighted by Gasteiger charge is -2.24. The largest absolute Gasteiger partial charge is 0.460 e. The monoisotopic (exact) mass is 630 g/mol. The standard InChI is InChI=1S/C35H58N4O6/c1-24(2)30(39-29(41)15-11-9-10-12-20-34(3,4)5)28(40)22-26(14-13-21-37-33(36)44)31(42)38-27-18-16-25(17-19-27)23-45-32(43)35(6,7)8/h16-19,24,26,30H,9-15,20-23H2,1-8H3,(H,38,42)(H,39,41)(H3,36,37,44)/t26-,30+/m1/s1. The second kappa shape index (κ2) is 19.2. The Kier molecular flexibility index (Phi) is 16.9. The lowest BCUT2D eigenvalue weighted by Crippen LogP contribution is -2.45. The molecule has 0 saturated heterocycles. The highest BCUT2D eigenvalue weighted by Gasteiger charge is 2.29. The van der Waals surface area contributed by atoms with Crippen molar-refractivity contribution in [2.45, 2.75) is 126 Å². The van der Waals surface area contributed by atoms with Crippen molar-refractivity contribution in [3.8, 4) is 0 Å². The van der Waals surface area contributed by atoms with Gasteiger partial charge in [-0.25, -0.2) is 4.79 Å². The number of ketones is 1. The van der Waals surface area contributed by atoms with Crippen molar-refractivity contribution in [2.75, 3.05) is 11.9 Å². The van der Waals surface area contributed by atoms with Crippen LogP contribution in [0.1, 0.15) is 119 Å². The summed E-state index contributed by atoms with van der Waals surface area (Å²) in [6.07, 6.45) is 6.18. The number of esters is 1. The highest BCUT2D eigenvalue weighted by molar-refractivity contribution is 5.97. The minimum atomic E-state index is -0.701. The minimum Gasteiger partial charge on any atom is -0.460 e. The Morgan fingerprint density at radius 2 is 1.49 bits per heavy atom. The summed E-state index contributed by atoms with van der Waals surface area (Å²) in [5.41, 5.74) is 6.19. The lowest BCUT2D eigenvalue weighted by atomic mass is 9.89. The van der Waals surface area contributed by atoms with Gasteiger partial charge < -0.3 is 26.4 Å². The number of rotatable bonds is 19. The average Bonchev–Trinajstić information content (AvgIpc) is 2.93. The van der Waals surface area contributed by atoms with Crippen LogP contribution in [0.4, 0.5) is 10.5 Å². The molecule has 10 heteroatoms. The molecular formula is C35H58N4O6. The Morgan fingerprint density at radius 1 is 0.867 bits per heavy atom. The van der Waals surface area contributed by atoms with Gasteiger partial charge in [-0.15, -0.1) is 0 Å². The maximum atomic E-state index is 13.5. The summed E-state index contributed by atoms with van der Waals surface area (Å²) in [5, 5.41) is 8.31. The summed E-state index contributed by atoms with van der Waals surface area (Å²) in [6.45, 7) is 16.2. The molecule has 0 radical (unpaired) electrons. The van der Waals surface area contributed by atoms with E-state index in [-0.39, 0.29) is 49.1 Å². The molecule has 5 N–H and O–H groups in total. The van der Waals surface area contributed by atoms with Crippen molar-refractivity contribution < 1.29 is 28.7 Å². The number of ether oxygens (including phenoxy) is 1. The Morgan fingerprint density at radius 3 is 2.04 bits per heavy atom. The molecular weight excluding hydrogens is 572 g/mol. The molecule has 1 aromatic carbocycles. The number of carbonyl (C=O) groups is 5. The molecule has 0 aliphatic rings. The van der Waals surface area contributed by atoms with E-state index in [4.69, 9.17) is 10.5 Å². The molecule has 45 heavy (non-hydrogen) atoms. The van der Waals surface area contributed by atoms with Crippen LogP contribution < -0.4 is 21.7 Å². The van der Waals surface area contributed by atoms with Crippen molar-refractivity contribution >= 4 is 35.3 Å². The molecule has 0 unspecified atom stereocenters. The van der Waals surface area contributed by atoms with Gasteiger partial charge in [-0.1, -0.05) is 66.0 Å². The number of nitrogens with two attached hydrogens (primary N) is 1. The lowest BCUT2D eigenvalue weighted by molar-refractivity contribution is -0.154. The van der Waals surface area contributed by atoms with Crippen molar-refractivity contribution in [1.29, 1.82) is 0 Å². The van der Waals surface area contributed by atoms with Crippen LogP contribution in [-0.4, -0.2) is 42.2 Å². The molecule has 0 aromatic heterocycles. The van der Waals surface area contributed by atoms with Gasteiger partial charge >= 0.3 is 12.0 Å². The number of hydrogen-bond donors (Lipinski definition) is 4. The smallest absolute Gasteiger partial charge is 0.312 e. The van der Waals surface area contributed by atoms with Crippen molar-refractivity contribution in [3.05, 3.63) is 29.8 Å². The van der Waals surface area contributed by atoms with Gasteiger partial charge in [0.2, 0.25) is 11.8 Å². The van der Waals surface area contributed by atoms with Gasteiger partial charge in [-0.2, -0.15) is 0 Å². The fourth-order valence-electron chi connectivity index (χ4n) is 4.71. The van der Waals surface area contributed by atoms with E-state index in [2.05, 4.69) is 36.7 Å². The third-order valence-corrected chi connectivity index (χ3v) is 7.46. The first-order valence-corrected chi connectivity index (χ1v) is 16.3. The number of urea groups is 1. The summed E-state index contributed by atoms with van der Waals surface area (Å²) in [5.74, 6) is -1.83. The van der Waals surface area contributed by atoms with E-state index >= 15 is 0 Å². The molecule has 10 nitrogen and oxygen atoms in total. The zero-order valence-corrected chi connectivity index (χ0v) is 28.8. The highest BCUT2D eigenvalue weighted by atomic mass is 16.5. The van der Waals surface area contributed by atoms with Crippen molar-refractivity contribution in [1.82, 2.24) is 10.6 Å². The molecule has 1 rings (SSSR count). The predicted octanol–water partition coefficient (Wildman–Crippen LogP) is 6.27. The van der Waals surface area contributed by atoms with Crippen LogP contribution in [0.5, 0.6) is 0 Å². The third kappa shape index (κ3) is 17.6. The number of carbonyl (C=O) groups excluding carboxylic acids is 5. The van der Waals surface area contributed by atoms with Crippen LogP contribution >= 0.6 is 0 Å². The van der Waals surface area contributed by atoms with Crippen LogP contribution in [0.15, 0.2) is 24.3 Å². The summed E-state index contributed by atoms with van der Waals surface area (Å²) in [4.78, 5) is 62.7. The number of benzene rings is 1. The van der Waals surface area contributed by atoms with Crippen molar-refractivity contribution in [3.63, 3.8) is 0 Å². The maximum absolute atomic E-state index is 13.5. The summed E-state index contributed by atoms with van der Waals surface area (Å²) >= 11 is 0. The average molecular weight is 631 g/mol. The Labute approximate surface area is 270 Å². The highest BCUT2D eigenvalue weighted by Crippen LogP contribution is 2.23. The van der Waals surface area contributed by atoms with Gasteiger partial charge in [0.15, 0.2) is 5.78 Å². The molecule has 0 saturated carbocycles. The quantitative estimate of drug-likeness (QED) is 0.104. The van der Waals surface area contributed by atoms with Crippen LogP contribution in [0.3, 0.4) is 0 Å². The molecule has 0 fully saturated rings. The number of Topliss-reactive ketones (excluding diaryl/α,β-unsaturated/α-hetero) is 1. The van der Waals surface area contributed by atoms with E-state index in [0.29, 0.717) is 30.4 Å². The van der Waals surface area contributed by atoms with E-state index in [1.54, 1.807) is 45.0 Å². The topological polar surface area (TPSA) is 157 Å². The van der Waals surface area contributed by atoms with Gasteiger partial charge in [0.1, 0.15) is 6.61 Å². The molecule has 1 aromatic rings. The first-order chi connectivity index (χ1) is 20.9. The number of amides is 4. The van der Waals surface area contributed by atoms with Gasteiger partial charge in [0.05, 0.1) is 11.5 Å². The first kappa shape index (κ1) is 39.6. The Balaban J connectivity index is 2.81. The second-order valence-electron chi connectivity index (χ2n) is 14.6. The van der Waals surface area contributed by atoms with Crippen LogP contribution in [0.25, 0.3) is 0 Å². The molecule has 0 aliphatic carbocycles. The van der Waals surface area contributed by atoms with Gasteiger partial charge in [0, 0.05) is 31.0 Å². The van der Waals surface area contributed by atoms with E-state index in [1.165, 1.54) is 0 Å². The summed E-state index contributed by atoms with van der Waals surface area (Å²) < 4.78 is 5.35. The van der Waals surface area contributed by atoms with Gasteiger partial charge in [-0.3, -0.25) is 19.2 Å². The van der Waals surface area contributed by atoms with E-state index in [1.807, 2.05) is 13.8 Å². The normalized spacial score (nSPS) is 13.1. The van der Waals surface area contributed by atoms with Crippen LogP contribution in [0, 0.1) is 22.7 Å². The molecule has 0 bridgehead atoms. The van der Waals surface area contributed by atoms with Gasteiger partial charge in [0.25, 0.3) is 0 Å². The molecule has 0 aliphatic heterocycles. The molecule has 0 spiro atoms. The predicted molar refractivity (Wildman–Crippen MR) is 178 cm³/mol. The summed E-state index contributed by atoms with van der Waals surface area (Å²) in [6, 6.07) is 5.59. The van der Waals surface area contributed by atoms with Crippen LogP contribution in [-0.2, 0) is 30.5 Å². The molecule has 254 valence electrons. The number of unbranched alkanes of at least 4 members (excludes halogenated alkanes) is 3.